The highest BCUT2D eigenvalue weighted by Crippen LogP contribution is 2.41. The van der Waals surface area contributed by atoms with Crippen LogP contribution in [0.4, 0.5) is 0 Å². The highest BCUT2D eigenvalue weighted by molar-refractivity contribution is 6.32. The molecule has 0 radical (unpaired) electrons. The molecule has 1 heterocycles. The summed E-state index contributed by atoms with van der Waals surface area (Å²) in [7, 11) is 0. The van der Waals surface area contributed by atoms with Crippen molar-refractivity contribution in [2.75, 3.05) is 6.79 Å². The van der Waals surface area contributed by atoms with Gasteiger partial charge in [0.15, 0.2) is 11.5 Å². The molecule has 1 aliphatic rings. The van der Waals surface area contributed by atoms with E-state index < -0.39 is 12.0 Å². The summed E-state index contributed by atoms with van der Waals surface area (Å²) in [5, 5.41) is 11.5. The van der Waals surface area contributed by atoms with E-state index in [0.29, 0.717) is 28.5 Å². The fraction of sp³-hybridized carbons (Fsp3) is 0.273. The molecule has 7 heteroatoms. The van der Waals surface area contributed by atoms with Crippen molar-refractivity contribution in [2.45, 2.75) is 12.5 Å². The Morgan fingerprint density at radius 1 is 1.56 bits per heavy atom. The molecule has 2 N–H and O–H groups in total. The van der Waals surface area contributed by atoms with E-state index in [1.807, 2.05) is 0 Å². The summed E-state index contributed by atoms with van der Waals surface area (Å²) in [5.74, 6) is -0.149. The van der Waals surface area contributed by atoms with Crippen LogP contribution < -0.4 is 14.8 Å². The average molecular weight is 272 g/mol. The molecule has 1 aliphatic heterocycles. The Morgan fingerprint density at radius 3 is 3.00 bits per heavy atom. The molecule has 0 aromatic heterocycles. The van der Waals surface area contributed by atoms with Gasteiger partial charge in [-0.2, -0.15) is 0 Å². The lowest BCUT2D eigenvalue weighted by Crippen LogP contribution is -2.22. The minimum Gasteiger partial charge on any atom is -0.481 e. The van der Waals surface area contributed by atoms with Crippen LogP contribution in [0.25, 0.3) is 0 Å². The van der Waals surface area contributed by atoms with Gasteiger partial charge in [0.25, 0.3) is 0 Å². The minimum absolute atomic E-state index is 0.0726. The van der Waals surface area contributed by atoms with Gasteiger partial charge in [-0.05, 0) is 17.7 Å². The van der Waals surface area contributed by atoms with Gasteiger partial charge in [-0.1, -0.05) is 11.6 Å². The molecule has 1 aromatic carbocycles. The molecule has 1 amide bonds. The lowest BCUT2D eigenvalue weighted by Gasteiger charge is -2.15. The van der Waals surface area contributed by atoms with Crippen molar-refractivity contribution in [2.24, 2.45) is 0 Å². The Labute approximate surface area is 107 Å². The van der Waals surface area contributed by atoms with Crippen molar-refractivity contribution in [3.63, 3.8) is 0 Å². The fourth-order valence-electron chi connectivity index (χ4n) is 1.72. The Bertz CT molecular complexity index is 491. The Hall–Kier alpha value is -1.95. The molecule has 1 aromatic rings. The third-order valence-corrected chi connectivity index (χ3v) is 2.78. The van der Waals surface area contributed by atoms with Gasteiger partial charge in [0.05, 0.1) is 17.5 Å². The summed E-state index contributed by atoms with van der Waals surface area (Å²) in [6.07, 6.45) is 0.209. The number of hydrogen-bond acceptors (Lipinski definition) is 4. The maximum Gasteiger partial charge on any atom is 0.305 e. The van der Waals surface area contributed by atoms with Crippen LogP contribution in [0.2, 0.25) is 5.02 Å². The van der Waals surface area contributed by atoms with Gasteiger partial charge in [-0.25, -0.2) is 0 Å². The molecule has 1 atom stereocenters. The van der Waals surface area contributed by atoms with Crippen molar-refractivity contribution in [3.8, 4) is 11.5 Å². The number of nitrogens with one attached hydrogen (secondary N) is 1. The van der Waals surface area contributed by atoms with E-state index in [4.69, 9.17) is 26.2 Å². The highest BCUT2D eigenvalue weighted by atomic mass is 35.5. The third-order valence-electron chi connectivity index (χ3n) is 2.50. The quantitative estimate of drug-likeness (QED) is 0.789. The maximum absolute atomic E-state index is 10.7. The molecule has 0 unspecified atom stereocenters. The van der Waals surface area contributed by atoms with Gasteiger partial charge >= 0.3 is 5.97 Å². The minimum atomic E-state index is -1.02. The van der Waals surface area contributed by atoms with Gasteiger partial charge in [-0.15, -0.1) is 0 Å². The van der Waals surface area contributed by atoms with E-state index in [2.05, 4.69) is 5.32 Å². The molecular weight excluding hydrogens is 262 g/mol. The Morgan fingerprint density at radius 2 is 2.33 bits per heavy atom. The number of aliphatic carboxylic acids is 1. The van der Waals surface area contributed by atoms with Crippen LogP contribution in [-0.4, -0.2) is 24.3 Å². The van der Waals surface area contributed by atoms with Crippen molar-refractivity contribution in [1.82, 2.24) is 5.32 Å². The van der Waals surface area contributed by atoms with E-state index in [-0.39, 0.29) is 13.2 Å². The first-order valence-electron chi connectivity index (χ1n) is 5.12. The lowest BCUT2D eigenvalue weighted by atomic mass is 10.0. The molecule has 0 bridgehead atoms. The summed E-state index contributed by atoms with van der Waals surface area (Å²) in [4.78, 5) is 21.2. The number of carboxylic acid groups (broad SMARTS) is 1. The SMILES string of the molecule is O=CN[C@H](CC(=O)O)c1cc(Cl)c2c(c1)OCO2. The molecule has 96 valence electrons. The first kappa shape index (κ1) is 12.5. The summed E-state index contributed by atoms with van der Waals surface area (Å²) >= 11 is 5.99. The van der Waals surface area contributed by atoms with Crippen molar-refractivity contribution >= 4 is 24.0 Å². The van der Waals surface area contributed by atoms with Gasteiger partial charge in [0.1, 0.15) is 0 Å². The van der Waals surface area contributed by atoms with Gasteiger partial charge in [0, 0.05) is 0 Å². The lowest BCUT2D eigenvalue weighted by molar-refractivity contribution is -0.137. The number of fused-ring (bicyclic) bond motifs is 1. The van der Waals surface area contributed by atoms with Crippen LogP contribution in [0.1, 0.15) is 18.0 Å². The summed E-state index contributed by atoms with van der Waals surface area (Å²) in [6, 6.07) is 2.50. The van der Waals surface area contributed by atoms with Crippen LogP contribution in [0.15, 0.2) is 12.1 Å². The highest BCUT2D eigenvalue weighted by Gasteiger charge is 2.22. The van der Waals surface area contributed by atoms with Crippen molar-refractivity contribution in [3.05, 3.63) is 22.7 Å². The number of benzene rings is 1. The summed E-state index contributed by atoms with van der Waals surface area (Å²) in [6.45, 7) is 0.0726. The normalized spacial score (nSPS) is 14.1. The monoisotopic (exact) mass is 271 g/mol. The number of carbonyl (C=O) groups excluding carboxylic acids is 1. The van der Waals surface area contributed by atoms with Crippen LogP contribution in [-0.2, 0) is 9.59 Å². The molecule has 0 spiro atoms. The van der Waals surface area contributed by atoms with Crippen molar-refractivity contribution in [1.29, 1.82) is 0 Å². The molecule has 2 rings (SSSR count). The summed E-state index contributed by atoms with van der Waals surface area (Å²) < 4.78 is 10.3. The average Bonchev–Trinajstić information content (AvgIpc) is 2.76. The first-order chi connectivity index (χ1) is 8.61. The Balaban J connectivity index is 2.32. The molecule has 0 fully saturated rings. The van der Waals surface area contributed by atoms with Crippen LogP contribution in [0.3, 0.4) is 0 Å². The number of halogens is 1. The van der Waals surface area contributed by atoms with Gasteiger partial charge in [0.2, 0.25) is 13.2 Å². The van der Waals surface area contributed by atoms with Crippen molar-refractivity contribution < 1.29 is 24.2 Å². The standard InChI is InChI=1S/C11H10ClNO5/c12-7-1-6(2-9-11(7)18-5-17-9)8(13-4-14)3-10(15)16/h1-2,4,8H,3,5H2,(H,13,14)(H,15,16)/t8-/m1/s1. The number of carboxylic acids is 1. The Kier molecular flexibility index (Phi) is 3.57. The second-order valence-electron chi connectivity index (χ2n) is 3.67. The van der Waals surface area contributed by atoms with E-state index in [1.54, 1.807) is 12.1 Å². The first-order valence-corrected chi connectivity index (χ1v) is 5.50. The number of ether oxygens (including phenoxy) is 2. The van der Waals surface area contributed by atoms with E-state index in [9.17, 15) is 9.59 Å². The predicted molar refractivity (Wildman–Crippen MR) is 61.8 cm³/mol. The smallest absolute Gasteiger partial charge is 0.305 e. The zero-order valence-corrected chi connectivity index (χ0v) is 9.94. The topological polar surface area (TPSA) is 84.9 Å². The van der Waals surface area contributed by atoms with E-state index in [0.717, 1.165) is 0 Å². The van der Waals surface area contributed by atoms with Gasteiger partial charge < -0.3 is 19.9 Å². The number of rotatable bonds is 5. The molecule has 0 aliphatic carbocycles. The van der Waals surface area contributed by atoms with Gasteiger partial charge in [-0.3, -0.25) is 9.59 Å². The van der Waals surface area contributed by atoms with E-state index >= 15 is 0 Å². The molecule has 6 nitrogen and oxygen atoms in total. The zero-order chi connectivity index (χ0) is 13.1. The number of carbonyl (C=O) groups is 2. The van der Waals surface area contributed by atoms with Crippen LogP contribution >= 0.6 is 11.6 Å². The molecule has 18 heavy (non-hydrogen) atoms. The zero-order valence-electron chi connectivity index (χ0n) is 9.18. The molecule has 0 saturated carbocycles. The molecular formula is C11H10ClNO5. The third kappa shape index (κ3) is 2.48. The number of amides is 1. The fourth-order valence-corrected chi connectivity index (χ4v) is 1.99. The predicted octanol–water partition coefficient (Wildman–Crippen LogP) is 1.33. The number of hydrogen-bond donors (Lipinski definition) is 2. The van der Waals surface area contributed by atoms with Crippen LogP contribution in [0.5, 0.6) is 11.5 Å². The second kappa shape index (κ2) is 5.14. The summed E-state index contributed by atoms with van der Waals surface area (Å²) in [5.41, 5.74) is 0.554. The molecule has 0 saturated heterocycles. The second-order valence-corrected chi connectivity index (χ2v) is 4.08. The largest absolute Gasteiger partial charge is 0.481 e. The van der Waals surface area contributed by atoms with Crippen LogP contribution in [0, 0.1) is 0 Å². The maximum atomic E-state index is 10.7. The van der Waals surface area contributed by atoms with E-state index in [1.165, 1.54) is 0 Å².